The van der Waals surface area contributed by atoms with Crippen LogP contribution in [0.15, 0.2) is 42.6 Å². The molecule has 0 fully saturated rings. The quantitative estimate of drug-likeness (QED) is 0.902. The molecule has 0 amide bonds. The molecule has 2 aromatic rings. The van der Waals surface area contributed by atoms with Crippen LogP contribution < -0.4 is 10.2 Å². The molecule has 0 bridgehead atoms. The summed E-state index contributed by atoms with van der Waals surface area (Å²) in [7, 11) is 0. The third kappa shape index (κ3) is 2.93. The third-order valence-electron chi connectivity index (χ3n) is 4.11. The van der Waals surface area contributed by atoms with Crippen molar-refractivity contribution in [3.63, 3.8) is 0 Å². The summed E-state index contributed by atoms with van der Waals surface area (Å²) in [5, 5.41) is 3.48. The number of para-hydroxylation sites is 1. The van der Waals surface area contributed by atoms with Gasteiger partial charge in [0.1, 0.15) is 0 Å². The second-order valence-corrected chi connectivity index (χ2v) is 5.65. The number of benzene rings is 1. The van der Waals surface area contributed by atoms with E-state index < -0.39 is 0 Å². The van der Waals surface area contributed by atoms with Gasteiger partial charge in [-0.05, 0) is 50.1 Å². The Balaban J connectivity index is 1.76. The van der Waals surface area contributed by atoms with Crippen molar-refractivity contribution in [3.8, 4) is 0 Å². The maximum atomic E-state index is 4.64. The summed E-state index contributed by atoms with van der Waals surface area (Å²) in [4.78, 5) is 7.00. The zero-order valence-electron chi connectivity index (χ0n) is 12.8. The maximum Gasteiger partial charge on any atom is 0.0597 e. The first-order valence-corrected chi connectivity index (χ1v) is 7.84. The van der Waals surface area contributed by atoms with Crippen LogP contribution in [0.4, 0.5) is 11.4 Å². The van der Waals surface area contributed by atoms with Gasteiger partial charge in [0.25, 0.3) is 0 Å². The average Bonchev–Trinajstić information content (AvgIpc) is 2.97. The van der Waals surface area contributed by atoms with Crippen molar-refractivity contribution in [2.45, 2.75) is 32.7 Å². The molecule has 21 heavy (non-hydrogen) atoms. The van der Waals surface area contributed by atoms with Gasteiger partial charge in [0.2, 0.25) is 0 Å². The number of nitrogens with one attached hydrogen (secondary N) is 1. The molecule has 0 aliphatic carbocycles. The molecular formula is C18H23N3. The molecule has 110 valence electrons. The van der Waals surface area contributed by atoms with Gasteiger partial charge < -0.3 is 10.2 Å². The molecule has 1 atom stereocenters. The van der Waals surface area contributed by atoms with Crippen LogP contribution in [-0.4, -0.2) is 18.1 Å². The van der Waals surface area contributed by atoms with Crippen LogP contribution in [0.2, 0.25) is 0 Å². The summed E-state index contributed by atoms with van der Waals surface area (Å²) in [6, 6.07) is 13.3. The van der Waals surface area contributed by atoms with Crippen LogP contribution in [0.3, 0.4) is 0 Å². The number of anilines is 2. The zero-order valence-corrected chi connectivity index (χ0v) is 12.8. The topological polar surface area (TPSA) is 28.2 Å². The molecule has 3 nitrogen and oxygen atoms in total. The summed E-state index contributed by atoms with van der Waals surface area (Å²) in [6.07, 6.45) is 4.26. The maximum absolute atomic E-state index is 4.64. The number of aromatic nitrogens is 1. The number of hydrogen-bond acceptors (Lipinski definition) is 3. The smallest absolute Gasteiger partial charge is 0.0597 e. The van der Waals surface area contributed by atoms with Crippen molar-refractivity contribution in [2.75, 3.05) is 18.0 Å². The molecule has 0 saturated carbocycles. The average molecular weight is 281 g/mol. The molecule has 1 aromatic heterocycles. The highest BCUT2D eigenvalue weighted by Crippen LogP contribution is 2.33. The predicted octanol–water partition coefficient (Wildman–Crippen LogP) is 3.84. The van der Waals surface area contributed by atoms with Gasteiger partial charge in [-0.15, -0.1) is 0 Å². The molecule has 3 rings (SSSR count). The van der Waals surface area contributed by atoms with E-state index in [4.69, 9.17) is 0 Å². The van der Waals surface area contributed by atoms with Crippen LogP contribution in [0.5, 0.6) is 0 Å². The molecule has 1 aromatic carbocycles. The van der Waals surface area contributed by atoms with Gasteiger partial charge >= 0.3 is 0 Å². The number of hydrogen-bond donors (Lipinski definition) is 1. The molecule has 2 heterocycles. The molecule has 3 heteroatoms. The lowest BCUT2D eigenvalue weighted by atomic mass is 10.2. The van der Waals surface area contributed by atoms with Crippen LogP contribution in [0.25, 0.3) is 0 Å². The van der Waals surface area contributed by atoms with Crippen molar-refractivity contribution in [1.82, 2.24) is 10.3 Å². The number of fused-ring (bicyclic) bond motifs is 1. The Labute approximate surface area is 127 Å². The molecule has 1 aliphatic heterocycles. The first-order valence-electron chi connectivity index (χ1n) is 7.84. The Morgan fingerprint density at radius 3 is 2.86 bits per heavy atom. The minimum Gasteiger partial charge on any atom is -0.340 e. The molecule has 1 N–H and O–H groups in total. The fraction of sp³-hybridized carbons (Fsp3) is 0.389. The van der Waals surface area contributed by atoms with Gasteiger partial charge in [-0.1, -0.05) is 25.1 Å². The van der Waals surface area contributed by atoms with Gasteiger partial charge in [0, 0.05) is 18.3 Å². The highest BCUT2D eigenvalue weighted by Gasteiger charge is 2.20. The highest BCUT2D eigenvalue weighted by atomic mass is 15.2. The van der Waals surface area contributed by atoms with Crippen molar-refractivity contribution in [1.29, 1.82) is 0 Å². The summed E-state index contributed by atoms with van der Waals surface area (Å²) in [5.74, 6) is 0. The van der Waals surface area contributed by atoms with Crippen LogP contribution in [0, 0.1) is 0 Å². The predicted molar refractivity (Wildman–Crippen MR) is 88.1 cm³/mol. The van der Waals surface area contributed by atoms with Crippen LogP contribution >= 0.6 is 0 Å². The van der Waals surface area contributed by atoms with E-state index >= 15 is 0 Å². The van der Waals surface area contributed by atoms with Crippen molar-refractivity contribution in [3.05, 3.63) is 53.9 Å². The largest absolute Gasteiger partial charge is 0.340 e. The van der Waals surface area contributed by atoms with Gasteiger partial charge in [-0.25, -0.2) is 0 Å². The van der Waals surface area contributed by atoms with Crippen molar-refractivity contribution >= 4 is 11.4 Å². The van der Waals surface area contributed by atoms with Gasteiger partial charge in [-0.2, -0.15) is 0 Å². The molecule has 0 saturated heterocycles. The lowest BCUT2D eigenvalue weighted by Crippen LogP contribution is -2.20. The second kappa shape index (κ2) is 6.27. The molecule has 1 unspecified atom stereocenters. The molecule has 0 radical (unpaired) electrons. The Hall–Kier alpha value is -1.87. The Kier molecular flexibility index (Phi) is 4.20. The molecule has 1 aliphatic rings. The van der Waals surface area contributed by atoms with Gasteiger partial charge in [0.15, 0.2) is 0 Å². The van der Waals surface area contributed by atoms with Crippen molar-refractivity contribution < 1.29 is 0 Å². The third-order valence-corrected chi connectivity index (χ3v) is 4.11. The lowest BCUT2D eigenvalue weighted by molar-refractivity contribution is 0.558. The van der Waals surface area contributed by atoms with Crippen molar-refractivity contribution in [2.24, 2.45) is 0 Å². The van der Waals surface area contributed by atoms with Crippen LogP contribution in [-0.2, 0) is 6.42 Å². The lowest BCUT2D eigenvalue weighted by Gasteiger charge is -2.20. The monoisotopic (exact) mass is 281 g/mol. The van der Waals surface area contributed by atoms with Crippen LogP contribution in [0.1, 0.15) is 37.6 Å². The molecule has 0 spiro atoms. The fourth-order valence-corrected chi connectivity index (χ4v) is 2.89. The van der Waals surface area contributed by atoms with E-state index in [9.17, 15) is 0 Å². The van der Waals surface area contributed by atoms with E-state index in [-0.39, 0.29) is 0 Å². The summed E-state index contributed by atoms with van der Waals surface area (Å²) in [5.41, 5.74) is 5.05. The van der Waals surface area contributed by atoms with Gasteiger partial charge in [0.05, 0.1) is 17.6 Å². The number of nitrogens with zero attached hydrogens (tertiary/aromatic N) is 2. The Morgan fingerprint density at radius 1 is 1.24 bits per heavy atom. The molecular weight excluding hydrogens is 258 g/mol. The van der Waals surface area contributed by atoms with E-state index in [1.807, 2.05) is 6.20 Å². The zero-order chi connectivity index (χ0) is 14.7. The fourth-order valence-electron chi connectivity index (χ4n) is 2.89. The van der Waals surface area contributed by atoms with E-state index in [2.05, 4.69) is 65.4 Å². The normalized spacial score (nSPS) is 15.0. The first kappa shape index (κ1) is 14.1. The Morgan fingerprint density at radius 2 is 2.10 bits per heavy atom. The highest BCUT2D eigenvalue weighted by molar-refractivity contribution is 5.69. The minimum atomic E-state index is 0.310. The summed E-state index contributed by atoms with van der Waals surface area (Å²) < 4.78 is 0. The minimum absolute atomic E-state index is 0.310. The van der Waals surface area contributed by atoms with E-state index in [1.165, 1.54) is 16.9 Å². The summed E-state index contributed by atoms with van der Waals surface area (Å²) in [6.45, 7) is 6.43. The van der Waals surface area contributed by atoms with Gasteiger partial charge in [-0.3, -0.25) is 4.98 Å². The number of rotatable bonds is 5. The Bertz CT molecular complexity index is 592. The SMILES string of the molecule is CCCNC(C)c1ccc(N2CCc3ccccc32)cn1. The van der Waals surface area contributed by atoms with E-state index in [0.717, 1.165) is 31.6 Å². The van der Waals surface area contributed by atoms with E-state index in [1.54, 1.807) is 0 Å². The standard InChI is InChI=1S/C18H23N3/c1-3-11-19-14(2)17-9-8-16(13-20-17)21-12-10-15-6-4-5-7-18(15)21/h4-9,13-14,19H,3,10-12H2,1-2H3. The van der Waals surface area contributed by atoms with E-state index in [0.29, 0.717) is 6.04 Å². The first-order chi connectivity index (χ1) is 10.3. The number of pyridine rings is 1. The second-order valence-electron chi connectivity index (χ2n) is 5.65. The summed E-state index contributed by atoms with van der Waals surface area (Å²) >= 11 is 0.